The molecule has 0 bridgehead atoms. The molecule has 3 nitrogen and oxygen atoms in total. The summed E-state index contributed by atoms with van der Waals surface area (Å²) in [5.41, 5.74) is 0. The van der Waals surface area contributed by atoms with Gasteiger partial charge in [0.2, 0.25) is 0 Å². The molecule has 0 saturated heterocycles. The smallest absolute Gasteiger partial charge is 0.300 e. The minimum absolute atomic E-state index is 0.250. The summed E-state index contributed by atoms with van der Waals surface area (Å²) in [7, 11) is 0. The molecule has 0 amide bonds. The van der Waals surface area contributed by atoms with E-state index >= 15 is 0 Å². The maximum Gasteiger partial charge on any atom is 0.373 e. The van der Waals surface area contributed by atoms with Crippen LogP contribution in [0.15, 0.2) is 0 Å². The van der Waals surface area contributed by atoms with Gasteiger partial charge in [0.15, 0.2) is 0 Å². The lowest BCUT2D eigenvalue weighted by molar-refractivity contribution is -0.191. The van der Waals surface area contributed by atoms with Crippen LogP contribution >= 0.6 is 0 Å². The first-order chi connectivity index (χ1) is 7.08. The van der Waals surface area contributed by atoms with Crippen molar-refractivity contribution in [3.8, 4) is 0 Å². The molecule has 0 aromatic rings. The summed E-state index contributed by atoms with van der Waals surface area (Å²) in [5.74, 6) is 1.23. The quantitative estimate of drug-likeness (QED) is 0.612. The molecule has 3 heteroatoms. The van der Waals surface area contributed by atoms with Gasteiger partial charge in [-0.25, -0.2) is 0 Å². The zero-order chi connectivity index (χ0) is 12.1. The summed E-state index contributed by atoms with van der Waals surface area (Å²) < 4.78 is 0. The predicted molar refractivity (Wildman–Crippen MR) is 58.2 cm³/mol. The number of rotatable bonds is 7. The fourth-order valence-corrected chi connectivity index (χ4v) is 1.23. The van der Waals surface area contributed by atoms with Crippen molar-refractivity contribution in [2.45, 2.75) is 59.3 Å². The van der Waals surface area contributed by atoms with Crippen LogP contribution in [-0.2, 0) is 14.4 Å². The first-order valence-electron chi connectivity index (χ1n) is 5.59. The second-order valence-electron chi connectivity index (χ2n) is 3.97. The topological polar surface area (TPSA) is 51.2 Å². The van der Waals surface area contributed by atoms with E-state index < -0.39 is 0 Å². The van der Waals surface area contributed by atoms with Gasteiger partial charge in [0, 0.05) is 12.8 Å². The van der Waals surface area contributed by atoms with Crippen molar-refractivity contribution in [3.63, 3.8) is 0 Å². The molecule has 88 valence electrons. The summed E-state index contributed by atoms with van der Waals surface area (Å²) in [6.45, 7) is 6.44. The van der Waals surface area contributed by atoms with Crippen LogP contribution in [-0.4, -0.2) is 11.9 Å². The van der Waals surface area contributed by atoms with Crippen molar-refractivity contribution in [1.29, 1.82) is 0 Å². The predicted octanol–water partition coefficient (Wildman–Crippen LogP) is 2.99. The number of hydrogen-bond acceptors (Lipinski definition) is 3. The summed E-state index contributed by atoms with van der Waals surface area (Å²) >= 11 is 0. The molecule has 0 aromatic carbocycles. The first-order valence-corrected chi connectivity index (χ1v) is 5.59. The van der Waals surface area contributed by atoms with Gasteiger partial charge in [-0.05, 0) is 12.3 Å². The lowest BCUT2D eigenvalue weighted by Gasteiger charge is -2.03. The largest absolute Gasteiger partial charge is 0.373 e. The average molecular weight is 214 g/mol. The third-order valence-corrected chi connectivity index (χ3v) is 2.13. The molecule has 0 aliphatic carbocycles. The van der Waals surface area contributed by atoms with Crippen LogP contribution in [0.4, 0.5) is 0 Å². The molecule has 0 aromatic heterocycles. The van der Waals surface area contributed by atoms with Gasteiger partial charge < -0.3 is 0 Å². The highest BCUT2D eigenvalue weighted by Gasteiger charge is 1.98. The number of Topliss-reactive ketones (excluding diaryl/α,β-unsaturated/α-hetero) is 1. The normalized spacial score (nSPS) is 9.07. The summed E-state index contributed by atoms with van der Waals surface area (Å²) in [6, 6.07) is 0. The monoisotopic (exact) mass is 214 g/mol. The molecule has 0 radical (unpaired) electrons. The number of ketones is 1. The summed E-state index contributed by atoms with van der Waals surface area (Å²) in [4.78, 5) is 27.2. The molecule has 0 spiro atoms. The molecule has 0 heterocycles. The van der Waals surface area contributed by atoms with Crippen LogP contribution in [0.1, 0.15) is 59.3 Å². The van der Waals surface area contributed by atoms with Crippen LogP contribution < -0.4 is 0 Å². The van der Waals surface area contributed by atoms with Gasteiger partial charge in [0.25, 0.3) is 0 Å². The molecular weight excluding hydrogens is 192 g/mol. The highest BCUT2D eigenvalue weighted by Crippen LogP contribution is 2.09. The fourth-order valence-electron chi connectivity index (χ4n) is 1.23. The van der Waals surface area contributed by atoms with Crippen molar-refractivity contribution in [2.75, 3.05) is 0 Å². The Hall–Kier alpha value is -0.950. The van der Waals surface area contributed by atoms with Gasteiger partial charge in [-0.2, -0.15) is 9.59 Å². The molecule has 0 N–H and O–H groups in total. The van der Waals surface area contributed by atoms with E-state index in [-0.39, 0.29) is 6.15 Å². The zero-order valence-electron chi connectivity index (χ0n) is 10.0. The minimum atomic E-state index is 0.250. The highest BCUT2D eigenvalue weighted by atomic mass is 16.2. The molecule has 0 rings (SSSR count). The first kappa shape index (κ1) is 16.5. The summed E-state index contributed by atoms with van der Waals surface area (Å²) in [5, 5.41) is 0. The molecule has 0 aliphatic heterocycles. The van der Waals surface area contributed by atoms with Crippen molar-refractivity contribution in [2.24, 2.45) is 5.92 Å². The van der Waals surface area contributed by atoms with Gasteiger partial charge >= 0.3 is 6.15 Å². The van der Waals surface area contributed by atoms with Crippen molar-refractivity contribution in [3.05, 3.63) is 0 Å². The van der Waals surface area contributed by atoms with Crippen LogP contribution in [0, 0.1) is 5.92 Å². The molecule has 0 unspecified atom stereocenters. The van der Waals surface area contributed by atoms with Crippen LogP contribution in [0.25, 0.3) is 0 Å². The molecular formula is C12H22O3. The number of hydrogen-bond donors (Lipinski definition) is 0. The standard InChI is InChI=1S/C11H22O.CO2/c1-4-11(12)9-7-5-6-8-10(2)3;2-1-3/h10H,4-9H2,1-3H3;. The molecule has 0 saturated carbocycles. The van der Waals surface area contributed by atoms with E-state index in [0.29, 0.717) is 12.2 Å². The van der Waals surface area contributed by atoms with Crippen molar-refractivity contribution >= 4 is 11.9 Å². The summed E-state index contributed by atoms with van der Waals surface area (Å²) in [6.07, 6.45) is 6.68. The van der Waals surface area contributed by atoms with E-state index in [9.17, 15) is 4.79 Å². The third-order valence-electron chi connectivity index (χ3n) is 2.13. The van der Waals surface area contributed by atoms with E-state index in [1.54, 1.807) is 0 Å². The average Bonchev–Trinajstić information content (AvgIpc) is 2.17. The van der Waals surface area contributed by atoms with Gasteiger partial charge in [-0.3, -0.25) is 4.79 Å². The second kappa shape index (κ2) is 13.1. The van der Waals surface area contributed by atoms with E-state index in [2.05, 4.69) is 13.8 Å². The maximum absolute atomic E-state index is 10.9. The van der Waals surface area contributed by atoms with Crippen LogP contribution in [0.2, 0.25) is 0 Å². The Morgan fingerprint density at radius 1 is 1.13 bits per heavy atom. The number of unbranched alkanes of at least 4 members (excludes halogenated alkanes) is 2. The van der Waals surface area contributed by atoms with Crippen molar-refractivity contribution < 1.29 is 14.4 Å². The Bertz CT molecular complexity index is 179. The van der Waals surface area contributed by atoms with Crippen LogP contribution in [0.5, 0.6) is 0 Å². The third kappa shape index (κ3) is 19.5. The molecule has 0 atom stereocenters. The molecule has 0 fully saturated rings. The number of carbonyl (C=O) groups is 1. The maximum atomic E-state index is 10.9. The Kier molecular flexibility index (Phi) is 14.3. The van der Waals surface area contributed by atoms with E-state index in [4.69, 9.17) is 9.59 Å². The van der Waals surface area contributed by atoms with Gasteiger partial charge in [-0.1, -0.05) is 40.0 Å². The molecule has 15 heavy (non-hydrogen) atoms. The van der Waals surface area contributed by atoms with Crippen molar-refractivity contribution in [1.82, 2.24) is 0 Å². The van der Waals surface area contributed by atoms with Gasteiger partial charge in [0.05, 0.1) is 0 Å². The minimum Gasteiger partial charge on any atom is -0.300 e. The van der Waals surface area contributed by atoms with Gasteiger partial charge in [0.1, 0.15) is 5.78 Å². The Morgan fingerprint density at radius 3 is 2.07 bits per heavy atom. The van der Waals surface area contributed by atoms with E-state index in [1.807, 2.05) is 6.92 Å². The van der Waals surface area contributed by atoms with E-state index in [0.717, 1.165) is 18.8 Å². The lowest BCUT2D eigenvalue weighted by atomic mass is 10.0. The van der Waals surface area contributed by atoms with E-state index in [1.165, 1.54) is 19.3 Å². The number of carbonyl (C=O) groups excluding carboxylic acids is 3. The zero-order valence-corrected chi connectivity index (χ0v) is 10.0. The fraction of sp³-hybridized carbons (Fsp3) is 0.833. The Morgan fingerprint density at radius 2 is 1.67 bits per heavy atom. The Balaban J connectivity index is 0. The SMILES string of the molecule is CCC(=O)CCCCCC(C)C.O=C=O. The molecule has 0 aliphatic rings. The second-order valence-corrected chi connectivity index (χ2v) is 3.97. The highest BCUT2D eigenvalue weighted by molar-refractivity contribution is 5.77. The van der Waals surface area contributed by atoms with Gasteiger partial charge in [-0.15, -0.1) is 0 Å². The lowest BCUT2D eigenvalue weighted by Crippen LogP contribution is -1.94. The van der Waals surface area contributed by atoms with Crippen LogP contribution in [0.3, 0.4) is 0 Å². The Labute approximate surface area is 92.2 Å².